The number of amides is 2. The third kappa shape index (κ3) is 7.80. The van der Waals surface area contributed by atoms with Crippen molar-refractivity contribution in [2.45, 2.75) is 71.0 Å². The molecule has 2 aromatic carbocycles. The molecule has 3 N–H and O–H groups in total. The fourth-order valence-corrected chi connectivity index (χ4v) is 4.46. The Balaban J connectivity index is 0.00000222. The number of nitrogens with one attached hydrogen (secondary N) is 1. The predicted molar refractivity (Wildman–Crippen MR) is 152 cm³/mol. The van der Waals surface area contributed by atoms with Crippen LogP contribution in [0, 0.1) is 0 Å². The average molecular weight is 509 g/mol. The lowest BCUT2D eigenvalue weighted by atomic mass is 9.89. The molecule has 0 radical (unpaired) electrons. The van der Waals surface area contributed by atoms with E-state index in [1.807, 2.05) is 68.3 Å². The second-order valence-electron chi connectivity index (χ2n) is 8.59. The number of benzene rings is 2. The molecule has 0 unspecified atom stereocenters. The summed E-state index contributed by atoms with van der Waals surface area (Å²) in [6, 6.07) is 19.0. The summed E-state index contributed by atoms with van der Waals surface area (Å²) in [5.41, 5.74) is 8.71. The van der Waals surface area contributed by atoms with Crippen LogP contribution >= 0.6 is 12.6 Å². The van der Waals surface area contributed by atoms with Crippen LogP contribution in [0.4, 0.5) is 0 Å². The van der Waals surface area contributed by atoms with E-state index in [0.29, 0.717) is 13.0 Å². The van der Waals surface area contributed by atoms with Crippen LogP contribution in [0.25, 0.3) is 0 Å². The lowest BCUT2D eigenvalue weighted by Gasteiger charge is -2.27. The molecule has 0 saturated carbocycles. The minimum Gasteiger partial charge on any atom is -0.343 e. The number of carbonyl (C=O) groups is 2. The number of hydrogen-bond donors (Lipinski definition) is 3. The van der Waals surface area contributed by atoms with Crippen molar-refractivity contribution in [2.75, 3.05) is 6.54 Å². The van der Waals surface area contributed by atoms with E-state index in [1.54, 1.807) is 12.3 Å². The second kappa shape index (κ2) is 15.3. The van der Waals surface area contributed by atoms with Crippen molar-refractivity contribution >= 4 is 30.7 Å². The first-order valence-electron chi connectivity index (χ1n) is 12.8. The second-order valence-corrected chi connectivity index (χ2v) is 8.84. The molecule has 1 aliphatic heterocycles. The van der Waals surface area contributed by atoms with Gasteiger partial charge in [0, 0.05) is 12.8 Å². The van der Waals surface area contributed by atoms with Crippen LogP contribution in [-0.2, 0) is 9.59 Å². The molecule has 7 heteroatoms. The SMILES string of the molecule is CC.CC[C@@H](NC(=O)[C@@H](C)N)C(=O)N1CCC[C@@H]1C=N/C(=C\S)C(c1ccccc1)c1ccccc1. The van der Waals surface area contributed by atoms with E-state index in [0.717, 1.165) is 29.7 Å². The Labute approximate surface area is 221 Å². The summed E-state index contributed by atoms with van der Waals surface area (Å²) in [6.07, 6.45) is 4.07. The minimum atomic E-state index is -0.659. The summed E-state index contributed by atoms with van der Waals surface area (Å²) < 4.78 is 0. The number of nitrogens with two attached hydrogens (primary N) is 1. The van der Waals surface area contributed by atoms with Crippen LogP contribution in [0.5, 0.6) is 0 Å². The summed E-state index contributed by atoms with van der Waals surface area (Å²) in [5.74, 6) is -0.488. The molecule has 36 heavy (non-hydrogen) atoms. The van der Waals surface area contributed by atoms with Crippen molar-refractivity contribution in [3.8, 4) is 0 Å². The maximum atomic E-state index is 13.2. The van der Waals surface area contributed by atoms with Gasteiger partial charge in [0.2, 0.25) is 11.8 Å². The van der Waals surface area contributed by atoms with Crippen LogP contribution in [0.3, 0.4) is 0 Å². The van der Waals surface area contributed by atoms with Crippen LogP contribution < -0.4 is 11.1 Å². The van der Waals surface area contributed by atoms with Crippen molar-refractivity contribution in [1.29, 1.82) is 0 Å². The molecule has 1 saturated heterocycles. The standard InChI is InChI=1S/C27H34N4O2S.C2H6/c1-3-23(30-26(32)19(2)28)27(33)31-16-10-15-22(31)17-29-24(18-34)25(20-11-6-4-7-12-20)21-13-8-5-9-14-21;1-2/h4-9,11-14,17-19,22-23,25,34H,3,10,15-16,28H2,1-2H3,(H,30,32);1-2H3/b24-18-,29-17?;/t19-,22-,23-;/m1./s1. The maximum Gasteiger partial charge on any atom is 0.245 e. The van der Waals surface area contributed by atoms with E-state index in [4.69, 9.17) is 10.7 Å². The number of aliphatic imine (C=N–C) groups is 1. The fraction of sp³-hybridized carbons (Fsp3) is 0.414. The highest BCUT2D eigenvalue weighted by Gasteiger charge is 2.33. The molecule has 1 aliphatic rings. The van der Waals surface area contributed by atoms with Crippen molar-refractivity contribution in [3.63, 3.8) is 0 Å². The molecule has 2 aromatic rings. The van der Waals surface area contributed by atoms with Gasteiger partial charge in [-0.15, -0.1) is 12.6 Å². The van der Waals surface area contributed by atoms with Gasteiger partial charge in [-0.2, -0.15) is 0 Å². The Kier molecular flexibility index (Phi) is 12.4. The highest BCUT2D eigenvalue weighted by Crippen LogP contribution is 2.33. The first-order valence-corrected chi connectivity index (χ1v) is 13.3. The van der Waals surface area contributed by atoms with Crippen LogP contribution in [0.15, 0.2) is 76.8 Å². The smallest absolute Gasteiger partial charge is 0.245 e. The van der Waals surface area contributed by atoms with Gasteiger partial charge < -0.3 is 16.0 Å². The van der Waals surface area contributed by atoms with E-state index in [1.165, 1.54) is 0 Å². The fourth-order valence-electron chi connectivity index (χ4n) is 4.24. The predicted octanol–water partition coefficient (Wildman–Crippen LogP) is 4.92. The summed E-state index contributed by atoms with van der Waals surface area (Å²) in [6.45, 7) is 8.13. The maximum absolute atomic E-state index is 13.2. The first-order chi connectivity index (χ1) is 17.5. The van der Waals surface area contributed by atoms with Gasteiger partial charge in [0.25, 0.3) is 0 Å². The third-order valence-corrected chi connectivity index (χ3v) is 6.37. The van der Waals surface area contributed by atoms with Gasteiger partial charge in [-0.3, -0.25) is 14.6 Å². The first kappa shape index (κ1) is 29.3. The zero-order chi connectivity index (χ0) is 26.5. The monoisotopic (exact) mass is 508 g/mol. The number of thiol groups is 1. The van der Waals surface area contributed by atoms with E-state index >= 15 is 0 Å². The minimum absolute atomic E-state index is 0.0737. The van der Waals surface area contributed by atoms with Gasteiger partial charge in [0.1, 0.15) is 6.04 Å². The number of carbonyl (C=O) groups excluding carboxylic acids is 2. The molecule has 0 spiro atoms. The van der Waals surface area contributed by atoms with Gasteiger partial charge in [-0.05, 0) is 42.7 Å². The highest BCUT2D eigenvalue weighted by atomic mass is 32.1. The number of nitrogens with zero attached hydrogens (tertiary/aromatic N) is 2. The summed E-state index contributed by atoms with van der Waals surface area (Å²) in [7, 11) is 0. The molecule has 3 atom stereocenters. The summed E-state index contributed by atoms with van der Waals surface area (Å²) in [4.78, 5) is 31.9. The molecule has 2 amide bonds. The molecule has 0 aromatic heterocycles. The number of rotatable bonds is 9. The zero-order valence-electron chi connectivity index (χ0n) is 21.8. The Hall–Kier alpha value is -2.90. The summed E-state index contributed by atoms with van der Waals surface area (Å²) in [5, 5.41) is 4.51. The average Bonchev–Trinajstić information content (AvgIpc) is 3.39. The molecule has 1 fully saturated rings. The van der Waals surface area contributed by atoms with Crippen molar-refractivity contribution in [1.82, 2.24) is 10.2 Å². The number of hydrogen-bond acceptors (Lipinski definition) is 5. The topological polar surface area (TPSA) is 87.8 Å². The van der Waals surface area contributed by atoms with E-state index in [9.17, 15) is 9.59 Å². The van der Waals surface area contributed by atoms with Gasteiger partial charge in [0.05, 0.1) is 23.7 Å². The lowest BCUT2D eigenvalue weighted by molar-refractivity contribution is -0.136. The van der Waals surface area contributed by atoms with Crippen LogP contribution in [0.2, 0.25) is 0 Å². The van der Waals surface area contributed by atoms with Gasteiger partial charge >= 0.3 is 0 Å². The normalized spacial score (nSPS) is 17.5. The van der Waals surface area contributed by atoms with Gasteiger partial charge in [0.15, 0.2) is 0 Å². The van der Waals surface area contributed by atoms with Crippen LogP contribution in [-0.4, -0.2) is 47.6 Å². The number of allylic oxidation sites excluding steroid dienone is 1. The van der Waals surface area contributed by atoms with Crippen LogP contribution in [0.1, 0.15) is 64.0 Å². The molecule has 0 bridgehead atoms. The Morgan fingerprint density at radius 3 is 2.14 bits per heavy atom. The van der Waals surface area contributed by atoms with Crippen molar-refractivity contribution in [3.05, 3.63) is 82.9 Å². The molecule has 1 heterocycles. The highest BCUT2D eigenvalue weighted by molar-refractivity contribution is 7.83. The van der Waals surface area contributed by atoms with E-state index in [2.05, 4.69) is 42.2 Å². The van der Waals surface area contributed by atoms with Gasteiger partial charge in [-0.1, -0.05) is 81.4 Å². The molecule has 6 nitrogen and oxygen atoms in total. The molecule has 3 rings (SSSR count). The largest absolute Gasteiger partial charge is 0.343 e. The quantitative estimate of drug-likeness (QED) is 0.332. The van der Waals surface area contributed by atoms with Gasteiger partial charge in [-0.25, -0.2) is 0 Å². The Morgan fingerprint density at radius 1 is 1.11 bits per heavy atom. The molecule has 194 valence electrons. The lowest BCUT2D eigenvalue weighted by Crippen LogP contribution is -2.52. The number of likely N-dealkylation sites (tertiary alicyclic amines) is 1. The molecule has 0 aliphatic carbocycles. The molecular weight excluding hydrogens is 468 g/mol. The van der Waals surface area contributed by atoms with Crippen molar-refractivity contribution < 1.29 is 9.59 Å². The van der Waals surface area contributed by atoms with E-state index in [-0.39, 0.29) is 23.8 Å². The summed E-state index contributed by atoms with van der Waals surface area (Å²) >= 11 is 4.48. The zero-order valence-corrected chi connectivity index (χ0v) is 22.7. The Bertz CT molecular complexity index is 969. The third-order valence-electron chi connectivity index (χ3n) is 6.11. The van der Waals surface area contributed by atoms with E-state index < -0.39 is 12.1 Å². The van der Waals surface area contributed by atoms with Crippen molar-refractivity contribution in [2.24, 2.45) is 10.7 Å². The Morgan fingerprint density at radius 2 is 1.67 bits per heavy atom. The molecular formula is C29H40N4O2S.